The Morgan fingerprint density at radius 2 is 1.83 bits per heavy atom. The summed E-state index contributed by atoms with van der Waals surface area (Å²) in [5, 5.41) is 14.8. The number of benzene rings is 2. The van der Waals surface area contributed by atoms with E-state index in [1.165, 1.54) is 16.9 Å². The molecule has 3 aromatic rings. The van der Waals surface area contributed by atoms with E-state index in [-0.39, 0.29) is 11.7 Å². The number of amides is 1. The van der Waals surface area contributed by atoms with Crippen LogP contribution in [0.25, 0.3) is 11.4 Å². The number of hydrogen-bond donors (Lipinski definition) is 1. The van der Waals surface area contributed by atoms with Crippen molar-refractivity contribution >= 4 is 27.5 Å². The number of nitrogens with one attached hydrogen (secondary N) is 1. The summed E-state index contributed by atoms with van der Waals surface area (Å²) in [5.41, 5.74) is 1.30. The number of aromatic nitrogens is 4. The molecule has 1 aromatic heterocycles. The van der Waals surface area contributed by atoms with E-state index in [9.17, 15) is 9.18 Å². The molecule has 1 amide bonds. The highest BCUT2D eigenvalue weighted by Gasteiger charge is 2.19. The van der Waals surface area contributed by atoms with Crippen molar-refractivity contribution < 1.29 is 9.18 Å². The summed E-state index contributed by atoms with van der Waals surface area (Å²) in [7, 11) is 0. The van der Waals surface area contributed by atoms with Gasteiger partial charge in [-0.25, -0.2) is 4.39 Å². The highest BCUT2D eigenvalue weighted by Crippen LogP contribution is 2.17. The lowest BCUT2D eigenvalue weighted by molar-refractivity contribution is -0.119. The molecule has 1 heterocycles. The number of halogens is 2. The van der Waals surface area contributed by atoms with Gasteiger partial charge in [0.15, 0.2) is 0 Å². The van der Waals surface area contributed by atoms with Crippen molar-refractivity contribution in [1.82, 2.24) is 20.2 Å². The second kappa shape index (κ2) is 6.88. The third kappa shape index (κ3) is 3.65. The zero-order valence-corrected chi connectivity index (χ0v) is 14.2. The summed E-state index contributed by atoms with van der Waals surface area (Å²) in [6.07, 6.45) is 0. The van der Waals surface area contributed by atoms with Crippen molar-refractivity contribution in [3.8, 4) is 11.4 Å². The normalized spacial score (nSPS) is 12.0. The molecule has 24 heavy (non-hydrogen) atoms. The quantitative estimate of drug-likeness (QED) is 0.741. The zero-order valence-electron chi connectivity index (χ0n) is 12.6. The van der Waals surface area contributed by atoms with Gasteiger partial charge in [-0.3, -0.25) is 4.79 Å². The lowest BCUT2D eigenvalue weighted by Crippen LogP contribution is -2.25. The number of tetrazole rings is 1. The molecule has 122 valence electrons. The van der Waals surface area contributed by atoms with E-state index in [0.29, 0.717) is 17.1 Å². The predicted octanol–water partition coefficient (Wildman–Crippen LogP) is 3.44. The van der Waals surface area contributed by atoms with Crippen molar-refractivity contribution in [2.75, 3.05) is 5.32 Å². The van der Waals surface area contributed by atoms with E-state index >= 15 is 0 Å². The van der Waals surface area contributed by atoms with Gasteiger partial charge in [-0.1, -0.05) is 15.9 Å². The minimum Gasteiger partial charge on any atom is -0.324 e. The van der Waals surface area contributed by atoms with E-state index < -0.39 is 6.04 Å². The van der Waals surface area contributed by atoms with Crippen molar-refractivity contribution in [2.24, 2.45) is 0 Å². The third-order valence-electron chi connectivity index (χ3n) is 3.37. The summed E-state index contributed by atoms with van der Waals surface area (Å²) in [6, 6.07) is 12.4. The minimum absolute atomic E-state index is 0.264. The Bertz CT molecular complexity index is 848. The maximum atomic E-state index is 13.0. The van der Waals surface area contributed by atoms with Gasteiger partial charge in [-0.05, 0) is 60.7 Å². The monoisotopic (exact) mass is 389 g/mol. The molecule has 0 spiro atoms. The first-order chi connectivity index (χ1) is 11.5. The van der Waals surface area contributed by atoms with Gasteiger partial charge in [0.25, 0.3) is 5.91 Å². The molecule has 0 saturated carbocycles. The zero-order chi connectivity index (χ0) is 17.1. The molecule has 0 aliphatic rings. The molecule has 6 nitrogen and oxygen atoms in total. The highest BCUT2D eigenvalue weighted by atomic mass is 79.9. The van der Waals surface area contributed by atoms with Gasteiger partial charge in [0, 0.05) is 15.7 Å². The van der Waals surface area contributed by atoms with E-state index in [4.69, 9.17) is 0 Å². The first-order valence-corrected chi connectivity index (χ1v) is 7.94. The van der Waals surface area contributed by atoms with Crippen LogP contribution >= 0.6 is 15.9 Å². The Morgan fingerprint density at radius 1 is 1.17 bits per heavy atom. The summed E-state index contributed by atoms with van der Waals surface area (Å²) in [4.78, 5) is 13.5. The van der Waals surface area contributed by atoms with Gasteiger partial charge in [0.2, 0.25) is 5.82 Å². The van der Waals surface area contributed by atoms with Crippen molar-refractivity contribution in [3.05, 3.63) is 58.8 Å². The van der Waals surface area contributed by atoms with Gasteiger partial charge in [-0.15, -0.1) is 10.2 Å². The van der Waals surface area contributed by atoms with E-state index in [0.717, 1.165) is 4.47 Å². The van der Waals surface area contributed by atoms with Gasteiger partial charge in [0.1, 0.15) is 11.9 Å². The number of anilines is 1. The summed E-state index contributed by atoms with van der Waals surface area (Å²) in [6.45, 7) is 1.67. The SMILES string of the molecule is C[C@H](C(=O)Nc1ccc(Br)cc1)n1nnc(-c2ccc(F)cc2)n1. The van der Waals surface area contributed by atoms with Crippen LogP contribution in [-0.4, -0.2) is 26.1 Å². The van der Waals surface area contributed by atoms with Gasteiger partial charge in [0.05, 0.1) is 0 Å². The minimum atomic E-state index is -0.643. The Hall–Kier alpha value is -2.61. The maximum Gasteiger partial charge on any atom is 0.250 e. The van der Waals surface area contributed by atoms with Crippen molar-refractivity contribution in [3.63, 3.8) is 0 Å². The first-order valence-electron chi connectivity index (χ1n) is 7.15. The number of carbonyl (C=O) groups is 1. The van der Waals surface area contributed by atoms with Crippen LogP contribution in [0.1, 0.15) is 13.0 Å². The fourth-order valence-corrected chi connectivity index (χ4v) is 2.25. The van der Waals surface area contributed by atoms with Gasteiger partial charge >= 0.3 is 0 Å². The molecular weight excluding hydrogens is 377 g/mol. The lowest BCUT2D eigenvalue weighted by Gasteiger charge is -2.10. The summed E-state index contributed by atoms with van der Waals surface area (Å²) < 4.78 is 13.9. The largest absolute Gasteiger partial charge is 0.324 e. The van der Waals surface area contributed by atoms with E-state index in [2.05, 4.69) is 36.7 Å². The number of nitrogens with zero attached hydrogens (tertiary/aromatic N) is 4. The summed E-state index contributed by atoms with van der Waals surface area (Å²) >= 11 is 3.34. The van der Waals surface area contributed by atoms with Crippen LogP contribution in [-0.2, 0) is 4.79 Å². The first kappa shape index (κ1) is 16.3. The Labute approximate surface area is 145 Å². The second-order valence-corrected chi connectivity index (χ2v) is 6.03. The molecule has 0 unspecified atom stereocenters. The van der Waals surface area contributed by atoms with Crippen LogP contribution in [0.4, 0.5) is 10.1 Å². The van der Waals surface area contributed by atoms with Crippen LogP contribution in [0.15, 0.2) is 53.0 Å². The van der Waals surface area contributed by atoms with Crippen LogP contribution in [0.2, 0.25) is 0 Å². The fourth-order valence-electron chi connectivity index (χ4n) is 1.99. The van der Waals surface area contributed by atoms with Gasteiger partial charge < -0.3 is 5.32 Å². The molecule has 0 bridgehead atoms. The lowest BCUT2D eigenvalue weighted by atomic mass is 10.2. The Kier molecular flexibility index (Phi) is 4.66. The molecule has 2 aromatic carbocycles. The molecule has 0 aliphatic carbocycles. The molecule has 0 saturated heterocycles. The highest BCUT2D eigenvalue weighted by molar-refractivity contribution is 9.10. The number of rotatable bonds is 4. The molecular formula is C16H13BrFN5O. The molecule has 0 aliphatic heterocycles. The average molecular weight is 390 g/mol. The molecule has 1 atom stereocenters. The number of carbonyl (C=O) groups excluding carboxylic acids is 1. The van der Waals surface area contributed by atoms with Crippen LogP contribution in [0, 0.1) is 5.82 Å². The van der Waals surface area contributed by atoms with E-state index in [1.807, 2.05) is 12.1 Å². The molecule has 0 radical (unpaired) electrons. The Morgan fingerprint density at radius 3 is 2.50 bits per heavy atom. The van der Waals surface area contributed by atoms with Crippen LogP contribution in [0.5, 0.6) is 0 Å². The van der Waals surface area contributed by atoms with E-state index in [1.54, 1.807) is 31.2 Å². The maximum absolute atomic E-state index is 13.0. The van der Waals surface area contributed by atoms with Crippen molar-refractivity contribution in [2.45, 2.75) is 13.0 Å². The standard InChI is InChI=1S/C16H13BrFN5O/c1-10(16(24)19-14-8-4-12(17)5-9-14)23-21-15(20-22-23)11-2-6-13(18)7-3-11/h2-10H,1H3,(H,19,24)/t10-/m1/s1. The smallest absolute Gasteiger partial charge is 0.250 e. The van der Waals surface area contributed by atoms with Gasteiger partial charge in [-0.2, -0.15) is 4.80 Å². The third-order valence-corrected chi connectivity index (χ3v) is 3.90. The van der Waals surface area contributed by atoms with Crippen LogP contribution < -0.4 is 5.32 Å². The second-order valence-electron chi connectivity index (χ2n) is 5.11. The molecule has 1 N–H and O–H groups in total. The average Bonchev–Trinajstić information content (AvgIpc) is 3.07. The van der Waals surface area contributed by atoms with Crippen LogP contribution in [0.3, 0.4) is 0 Å². The predicted molar refractivity (Wildman–Crippen MR) is 90.7 cm³/mol. The molecule has 8 heteroatoms. The Balaban J connectivity index is 1.73. The molecule has 0 fully saturated rings. The fraction of sp³-hybridized carbons (Fsp3) is 0.125. The number of hydrogen-bond acceptors (Lipinski definition) is 4. The topological polar surface area (TPSA) is 72.7 Å². The van der Waals surface area contributed by atoms with Crippen molar-refractivity contribution in [1.29, 1.82) is 0 Å². The molecule has 3 rings (SSSR count). The summed E-state index contributed by atoms with van der Waals surface area (Å²) in [5.74, 6) is -0.271.